The van der Waals surface area contributed by atoms with Crippen LogP contribution in [0.3, 0.4) is 0 Å². The summed E-state index contributed by atoms with van der Waals surface area (Å²) in [7, 11) is 0. The van der Waals surface area contributed by atoms with Crippen molar-refractivity contribution in [2.24, 2.45) is 0 Å². The number of esters is 2. The smallest absolute Gasteiger partial charge is 0.306 e. The molecular formula is C59H104O5. The highest BCUT2D eigenvalue weighted by Crippen LogP contribution is 2.16. The number of unbranched alkanes of at least 4 members (excludes halogenated alkanes) is 27. The predicted molar refractivity (Wildman–Crippen MR) is 279 cm³/mol. The average molecular weight is 893 g/mol. The minimum Gasteiger partial charge on any atom is -0.462 e. The normalized spacial score (nSPS) is 12.7. The Balaban J connectivity index is 4.24. The monoisotopic (exact) mass is 893 g/mol. The third-order valence-corrected chi connectivity index (χ3v) is 11.8. The molecule has 5 heteroatoms. The van der Waals surface area contributed by atoms with Crippen molar-refractivity contribution in [1.29, 1.82) is 0 Å². The number of ether oxygens (including phenoxy) is 3. The minimum absolute atomic E-state index is 0.0641. The Labute approximate surface area is 397 Å². The zero-order valence-corrected chi connectivity index (χ0v) is 42.5. The first kappa shape index (κ1) is 61.3. The fraction of sp³-hybridized carbons (Fsp3) is 0.763. The fourth-order valence-electron chi connectivity index (χ4n) is 7.70. The van der Waals surface area contributed by atoms with Gasteiger partial charge in [0.15, 0.2) is 6.10 Å². The van der Waals surface area contributed by atoms with Crippen LogP contribution in [0.15, 0.2) is 72.9 Å². The zero-order valence-electron chi connectivity index (χ0n) is 42.5. The van der Waals surface area contributed by atoms with E-state index >= 15 is 0 Å². The number of carbonyl (C=O) groups is 2. The molecule has 370 valence electrons. The maximum atomic E-state index is 12.7. The number of hydrogen-bond acceptors (Lipinski definition) is 5. The van der Waals surface area contributed by atoms with E-state index in [9.17, 15) is 9.59 Å². The molecule has 0 aliphatic heterocycles. The van der Waals surface area contributed by atoms with Gasteiger partial charge in [-0.1, -0.05) is 261 Å². The maximum absolute atomic E-state index is 12.7. The van der Waals surface area contributed by atoms with Gasteiger partial charge >= 0.3 is 11.9 Å². The van der Waals surface area contributed by atoms with Crippen molar-refractivity contribution in [2.45, 2.75) is 271 Å². The summed E-state index contributed by atoms with van der Waals surface area (Å²) in [5.41, 5.74) is 0. The van der Waals surface area contributed by atoms with Crippen molar-refractivity contribution in [3.05, 3.63) is 72.9 Å². The Morgan fingerprint density at radius 2 is 0.688 bits per heavy atom. The van der Waals surface area contributed by atoms with Crippen molar-refractivity contribution in [3.8, 4) is 0 Å². The number of hydrogen-bond donors (Lipinski definition) is 0. The van der Waals surface area contributed by atoms with Gasteiger partial charge in [0.25, 0.3) is 0 Å². The van der Waals surface area contributed by atoms with Crippen molar-refractivity contribution >= 4 is 11.9 Å². The topological polar surface area (TPSA) is 61.8 Å². The Kier molecular flexibility index (Phi) is 52.4. The molecule has 0 spiro atoms. The third-order valence-electron chi connectivity index (χ3n) is 11.8. The van der Waals surface area contributed by atoms with E-state index in [4.69, 9.17) is 14.2 Å². The van der Waals surface area contributed by atoms with Crippen molar-refractivity contribution < 1.29 is 23.8 Å². The molecule has 0 aromatic heterocycles. The van der Waals surface area contributed by atoms with E-state index in [2.05, 4.69) is 93.7 Å². The van der Waals surface area contributed by atoms with E-state index in [0.29, 0.717) is 19.4 Å². The molecule has 0 rings (SSSR count). The molecule has 1 atom stereocenters. The second kappa shape index (κ2) is 54.7. The van der Waals surface area contributed by atoms with Gasteiger partial charge in [-0.25, -0.2) is 0 Å². The Bertz CT molecular complexity index is 1150. The van der Waals surface area contributed by atoms with Crippen LogP contribution >= 0.6 is 0 Å². The third kappa shape index (κ3) is 52.0. The zero-order chi connectivity index (χ0) is 46.3. The van der Waals surface area contributed by atoms with Crippen LogP contribution in [0, 0.1) is 0 Å². The molecule has 0 bridgehead atoms. The molecule has 0 aliphatic rings. The van der Waals surface area contributed by atoms with E-state index in [1.165, 1.54) is 154 Å². The molecule has 0 aromatic rings. The van der Waals surface area contributed by atoms with E-state index in [0.717, 1.165) is 77.0 Å². The van der Waals surface area contributed by atoms with Gasteiger partial charge < -0.3 is 14.2 Å². The molecule has 0 radical (unpaired) electrons. The SMILES string of the molecule is CC/C=C\C/C=C\C/C=C\C/C=C\C/C=C\C/C=C\CCCOCC(COC(=O)CCCCCCCCCCCCCCCCCCCCC)OC(=O)CCCCCCCCCCC. The van der Waals surface area contributed by atoms with Crippen molar-refractivity contribution in [1.82, 2.24) is 0 Å². The van der Waals surface area contributed by atoms with Gasteiger partial charge in [-0.15, -0.1) is 0 Å². The van der Waals surface area contributed by atoms with Crippen molar-refractivity contribution in [3.63, 3.8) is 0 Å². The first-order chi connectivity index (χ1) is 31.6. The van der Waals surface area contributed by atoms with Crippen LogP contribution in [0.2, 0.25) is 0 Å². The van der Waals surface area contributed by atoms with Crippen LogP contribution in [-0.4, -0.2) is 37.9 Å². The lowest BCUT2D eigenvalue weighted by Gasteiger charge is -2.18. The summed E-state index contributed by atoms with van der Waals surface area (Å²) in [6, 6.07) is 0. The molecule has 0 saturated heterocycles. The van der Waals surface area contributed by atoms with Crippen LogP contribution < -0.4 is 0 Å². The molecule has 0 aliphatic carbocycles. The molecule has 1 unspecified atom stereocenters. The van der Waals surface area contributed by atoms with Crippen LogP contribution in [0.1, 0.15) is 265 Å². The molecule has 0 aromatic carbocycles. The summed E-state index contributed by atoms with van der Waals surface area (Å²) in [6.07, 6.45) is 70.8. The predicted octanol–water partition coefficient (Wildman–Crippen LogP) is 18.7. The molecule has 64 heavy (non-hydrogen) atoms. The highest BCUT2D eigenvalue weighted by atomic mass is 16.6. The minimum atomic E-state index is -0.564. The summed E-state index contributed by atoms with van der Waals surface area (Å²) >= 11 is 0. The van der Waals surface area contributed by atoms with E-state index in [-0.39, 0.29) is 25.2 Å². The van der Waals surface area contributed by atoms with Gasteiger partial charge in [-0.3, -0.25) is 9.59 Å². The molecule has 0 heterocycles. The first-order valence-electron chi connectivity index (χ1n) is 27.5. The second-order valence-corrected chi connectivity index (χ2v) is 18.1. The standard InChI is InChI=1S/C59H104O5/c1-4-7-10-13-16-19-21-23-25-27-29-31-33-35-37-39-42-45-48-51-54-62-55-57(64-59(61)53-50-47-44-40-18-15-12-9-6-3)56-63-58(60)52-49-46-43-41-38-36-34-32-30-28-26-24-22-20-17-14-11-8-5-2/h7,10,16,19,23,25,29,31,35,37,42,45,57H,4-6,8-9,11-15,17-18,20-22,24,26-28,30,32-34,36,38-41,43-44,46-56H2,1-3H3/b10-7-,19-16-,25-23-,31-29-,37-35-,45-42-. The summed E-state index contributed by atoms with van der Waals surface area (Å²) in [6.45, 7) is 7.59. The molecular weight excluding hydrogens is 789 g/mol. The number of carbonyl (C=O) groups excluding carboxylic acids is 2. The Morgan fingerprint density at radius 1 is 0.359 bits per heavy atom. The average Bonchev–Trinajstić information content (AvgIpc) is 3.30. The van der Waals surface area contributed by atoms with Crippen LogP contribution in [0.4, 0.5) is 0 Å². The van der Waals surface area contributed by atoms with Gasteiger partial charge in [0.2, 0.25) is 0 Å². The van der Waals surface area contributed by atoms with Crippen molar-refractivity contribution in [2.75, 3.05) is 19.8 Å². The molecule has 0 amide bonds. The van der Waals surface area contributed by atoms with Gasteiger partial charge in [-0.2, -0.15) is 0 Å². The van der Waals surface area contributed by atoms with Gasteiger partial charge in [0.1, 0.15) is 6.61 Å². The maximum Gasteiger partial charge on any atom is 0.306 e. The molecule has 0 N–H and O–H groups in total. The number of allylic oxidation sites excluding steroid dienone is 12. The summed E-state index contributed by atoms with van der Waals surface area (Å²) in [4.78, 5) is 25.4. The van der Waals surface area contributed by atoms with Gasteiger partial charge in [-0.05, 0) is 64.2 Å². The van der Waals surface area contributed by atoms with Gasteiger partial charge in [0, 0.05) is 19.4 Å². The molecule has 0 saturated carbocycles. The Hall–Kier alpha value is -2.66. The highest BCUT2D eigenvalue weighted by molar-refractivity contribution is 5.70. The largest absolute Gasteiger partial charge is 0.462 e. The lowest BCUT2D eigenvalue weighted by Crippen LogP contribution is -2.30. The van der Waals surface area contributed by atoms with Crippen LogP contribution in [-0.2, 0) is 23.8 Å². The summed E-state index contributed by atoms with van der Waals surface area (Å²) in [5, 5.41) is 0. The van der Waals surface area contributed by atoms with Crippen LogP contribution in [0.25, 0.3) is 0 Å². The second-order valence-electron chi connectivity index (χ2n) is 18.1. The molecule has 0 fully saturated rings. The lowest BCUT2D eigenvalue weighted by atomic mass is 10.0. The highest BCUT2D eigenvalue weighted by Gasteiger charge is 2.17. The first-order valence-corrected chi connectivity index (χ1v) is 27.5. The quantitative estimate of drug-likeness (QED) is 0.0346. The lowest BCUT2D eigenvalue weighted by molar-refractivity contribution is -0.163. The summed E-state index contributed by atoms with van der Waals surface area (Å²) in [5.74, 6) is -0.422. The summed E-state index contributed by atoms with van der Waals surface area (Å²) < 4.78 is 17.3. The Morgan fingerprint density at radius 3 is 1.06 bits per heavy atom. The van der Waals surface area contributed by atoms with E-state index in [1.807, 2.05) is 0 Å². The van der Waals surface area contributed by atoms with Crippen LogP contribution in [0.5, 0.6) is 0 Å². The molecule has 5 nitrogen and oxygen atoms in total. The van der Waals surface area contributed by atoms with E-state index < -0.39 is 6.10 Å². The number of rotatable bonds is 50. The fourth-order valence-corrected chi connectivity index (χ4v) is 7.70. The van der Waals surface area contributed by atoms with E-state index in [1.54, 1.807) is 0 Å². The van der Waals surface area contributed by atoms with Gasteiger partial charge in [0.05, 0.1) is 6.61 Å².